The number of hydrogen-bond acceptors (Lipinski definition) is 5. The van der Waals surface area contributed by atoms with Gasteiger partial charge in [-0.1, -0.05) is 17.7 Å². The van der Waals surface area contributed by atoms with Crippen LogP contribution in [0.25, 0.3) is 0 Å². The summed E-state index contributed by atoms with van der Waals surface area (Å²) in [5, 5.41) is 5.92. The van der Waals surface area contributed by atoms with Gasteiger partial charge in [-0.15, -0.1) is 11.3 Å². The minimum atomic E-state index is -0.661. The monoisotopic (exact) mass is 447 g/mol. The number of carbonyl (C=O) groups excluding carboxylic acids is 2. The fourth-order valence-electron chi connectivity index (χ4n) is 4.00. The Hall–Kier alpha value is -1.93. The van der Waals surface area contributed by atoms with E-state index >= 15 is 0 Å². The van der Waals surface area contributed by atoms with E-state index in [2.05, 4.69) is 34.7 Å². The topological polar surface area (TPSA) is 70.7 Å². The van der Waals surface area contributed by atoms with Crippen LogP contribution in [0.5, 0.6) is 0 Å². The molecule has 4 rings (SSSR count). The maximum atomic E-state index is 13.1. The molecule has 160 valence electrons. The van der Waals surface area contributed by atoms with Crippen LogP contribution < -0.4 is 10.6 Å². The molecule has 2 aromatic rings. The lowest BCUT2D eigenvalue weighted by molar-refractivity contribution is -0.119. The normalized spacial score (nSPS) is 20.3. The SMILES string of the molecule is CN1CCc2ccc(NC(=O)C(NC(=O)c3ccc(Cl)s3)C3CCOC3)cc2CC1. The average Bonchev–Trinajstić information content (AvgIpc) is 3.37. The summed E-state index contributed by atoms with van der Waals surface area (Å²) < 4.78 is 6.02. The van der Waals surface area contributed by atoms with Gasteiger partial charge in [-0.05, 0) is 61.7 Å². The predicted octanol–water partition coefficient (Wildman–Crippen LogP) is 3.21. The van der Waals surface area contributed by atoms with E-state index in [0.29, 0.717) is 22.4 Å². The molecule has 1 aromatic carbocycles. The van der Waals surface area contributed by atoms with Crippen molar-refractivity contribution in [1.29, 1.82) is 0 Å². The average molecular weight is 448 g/mol. The second-order valence-electron chi connectivity index (χ2n) is 7.95. The van der Waals surface area contributed by atoms with Gasteiger partial charge in [0.1, 0.15) is 6.04 Å². The molecule has 2 amide bonds. The number of anilines is 1. The number of ether oxygens (including phenoxy) is 1. The van der Waals surface area contributed by atoms with E-state index in [1.165, 1.54) is 22.5 Å². The van der Waals surface area contributed by atoms with Crippen LogP contribution >= 0.6 is 22.9 Å². The number of hydrogen-bond donors (Lipinski definition) is 2. The molecule has 2 unspecified atom stereocenters. The number of nitrogens with zero attached hydrogens (tertiary/aromatic N) is 1. The molecule has 0 saturated carbocycles. The van der Waals surface area contributed by atoms with Crippen molar-refractivity contribution < 1.29 is 14.3 Å². The summed E-state index contributed by atoms with van der Waals surface area (Å²) in [6, 6.07) is 8.81. The second kappa shape index (κ2) is 9.47. The van der Waals surface area contributed by atoms with E-state index in [1.54, 1.807) is 12.1 Å². The maximum Gasteiger partial charge on any atom is 0.262 e. The van der Waals surface area contributed by atoms with Crippen molar-refractivity contribution in [2.45, 2.75) is 25.3 Å². The first-order valence-electron chi connectivity index (χ1n) is 10.2. The number of fused-ring (bicyclic) bond motifs is 1. The molecule has 3 heterocycles. The number of amides is 2. The van der Waals surface area contributed by atoms with Crippen molar-refractivity contribution in [2.75, 3.05) is 38.7 Å². The Morgan fingerprint density at radius 1 is 1.20 bits per heavy atom. The van der Waals surface area contributed by atoms with Crippen LogP contribution in [0.15, 0.2) is 30.3 Å². The molecule has 1 fully saturated rings. The van der Waals surface area contributed by atoms with Crippen LogP contribution in [-0.4, -0.2) is 56.1 Å². The number of carbonyl (C=O) groups is 2. The third kappa shape index (κ3) is 5.03. The molecule has 8 heteroatoms. The Labute approximate surface area is 185 Å². The molecule has 6 nitrogen and oxygen atoms in total. The number of thiophene rings is 1. The highest BCUT2D eigenvalue weighted by Crippen LogP contribution is 2.24. The highest BCUT2D eigenvalue weighted by molar-refractivity contribution is 7.18. The van der Waals surface area contributed by atoms with Gasteiger partial charge in [-0.3, -0.25) is 9.59 Å². The van der Waals surface area contributed by atoms with Crippen LogP contribution in [0.1, 0.15) is 27.2 Å². The van der Waals surface area contributed by atoms with Crippen LogP contribution in [0.2, 0.25) is 4.34 Å². The predicted molar refractivity (Wildman–Crippen MR) is 119 cm³/mol. The zero-order valence-corrected chi connectivity index (χ0v) is 18.5. The van der Waals surface area contributed by atoms with Crippen molar-refractivity contribution >= 4 is 40.4 Å². The molecule has 2 atom stereocenters. The second-order valence-corrected chi connectivity index (χ2v) is 9.67. The number of rotatable bonds is 5. The van der Waals surface area contributed by atoms with Gasteiger partial charge >= 0.3 is 0 Å². The summed E-state index contributed by atoms with van der Waals surface area (Å²) in [6.45, 7) is 3.11. The third-order valence-corrected chi connectivity index (χ3v) is 7.03. The van der Waals surface area contributed by atoms with Crippen LogP contribution in [0, 0.1) is 5.92 Å². The van der Waals surface area contributed by atoms with Crippen molar-refractivity contribution in [1.82, 2.24) is 10.2 Å². The Morgan fingerprint density at radius 3 is 2.70 bits per heavy atom. The number of benzene rings is 1. The Balaban J connectivity index is 1.48. The van der Waals surface area contributed by atoms with Gasteiger partial charge in [0.15, 0.2) is 0 Å². The van der Waals surface area contributed by atoms with Crippen LogP contribution in [-0.2, 0) is 22.4 Å². The standard InChI is InChI=1S/C22H26ClN3O3S/c1-26-9-6-14-2-3-17(12-15(14)7-10-26)24-22(28)20(16-8-11-29-13-16)25-21(27)18-4-5-19(23)30-18/h2-5,12,16,20H,6-11,13H2,1H3,(H,24,28)(H,25,27). The Bertz CT molecular complexity index is 926. The minimum absolute atomic E-state index is 0.0566. The molecule has 2 N–H and O–H groups in total. The zero-order valence-electron chi connectivity index (χ0n) is 16.9. The minimum Gasteiger partial charge on any atom is -0.381 e. The van der Waals surface area contributed by atoms with Gasteiger partial charge in [0.05, 0.1) is 15.8 Å². The highest BCUT2D eigenvalue weighted by atomic mass is 35.5. The van der Waals surface area contributed by atoms with Gasteiger partial charge < -0.3 is 20.3 Å². The van der Waals surface area contributed by atoms with E-state index in [1.807, 2.05) is 6.07 Å². The van der Waals surface area contributed by atoms with Crippen LogP contribution in [0.3, 0.4) is 0 Å². The summed E-state index contributed by atoms with van der Waals surface area (Å²) in [5.41, 5.74) is 3.37. The lowest BCUT2D eigenvalue weighted by Gasteiger charge is -2.23. The summed E-state index contributed by atoms with van der Waals surface area (Å²) in [6.07, 6.45) is 2.72. The number of halogens is 1. The molecule has 0 aliphatic carbocycles. The number of nitrogens with one attached hydrogen (secondary N) is 2. The molecule has 0 spiro atoms. The molecule has 0 radical (unpaired) electrons. The molecule has 2 aliphatic rings. The van der Waals surface area contributed by atoms with Gasteiger partial charge in [-0.25, -0.2) is 0 Å². The van der Waals surface area contributed by atoms with E-state index in [0.717, 1.165) is 38.0 Å². The molecule has 1 saturated heterocycles. The summed E-state index contributed by atoms with van der Waals surface area (Å²) >= 11 is 7.15. The molecular formula is C22H26ClN3O3S. The first-order chi connectivity index (χ1) is 14.5. The number of likely N-dealkylation sites (N-methyl/N-ethyl adjacent to an activating group) is 1. The van der Waals surface area contributed by atoms with Crippen molar-refractivity contribution in [3.05, 3.63) is 50.7 Å². The Morgan fingerprint density at radius 2 is 2.00 bits per heavy atom. The smallest absolute Gasteiger partial charge is 0.262 e. The molecule has 1 aromatic heterocycles. The maximum absolute atomic E-state index is 13.1. The first kappa shape index (κ1) is 21.3. The quantitative estimate of drug-likeness (QED) is 0.738. The lowest BCUT2D eigenvalue weighted by atomic mass is 9.97. The van der Waals surface area contributed by atoms with Gasteiger partial charge in [0.2, 0.25) is 5.91 Å². The van der Waals surface area contributed by atoms with E-state index in [9.17, 15) is 9.59 Å². The molecule has 30 heavy (non-hydrogen) atoms. The molecule has 2 aliphatic heterocycles. The van der Waals surface area contributed by atoms with Gasteiger partial charge in [0.25, 0.3) is 5.91 Å². The van der Waals surface area contributed by atoms with Gasteiger partial charge in [-0.2, -0.15) is 0 Å². The van der Waals surface area contributed by atoms with Crippen molar-refractivity contribution in [3.63, 3.8) is 0 Å². The largest absolute Gasteiger partial charge is 0.381 e. The zero-order chi connectivity index (χ0) is 21.1. The fraction of sp³-hybridized carbons (Fsp3) is 0.455. The third-order valence-electron chi connectivity index (χ3n) is 5.80. The van der Waals surface area contributed by atoms with Crippen molar-refractivity contribution in [2.24, 2.45) is 5.92 Å². The first-order valence-corrected chi connectivity index (χ1v) is 11.4. The lowest BCUT2D eigenvalue weighted by Crippen LogP contribution is -2.48. The van der Waals surface area contributed by atoms with Crippen LogP contribution in [0.4, 0.5) is 5.69 Å². The summed E-state index contributed by atoms with van der Waals surface area (Å²) in [7, 11) is 2.13. The van der Waals surface area contributed by atoms with Crippen molar-refractivity contribution in [3.8, 4) is 0 Å². The summed E-state index contributed by atoms with van der Waals surface area (Å²) in [4.78, 5) is 28.6. The van der Waals surface area contributed by atoms with E-state index in [-0.39, 0.29) is 17.7 Å². The fourth-order valence-corrected chi connectivity index (χ4v) is 4.94. The molecular weight excluding hydrogens is 422 g/mol. The Kier molecular flexibility index (Phi) is 6.73. The summed E-state index contributed by atoms with van der Waals surface area (Å²) in [5.74, 6) is -0.560. The molecule has 0 bridgehead atoms. The van der Waals surface area contributed by atoms with Gasteiger partial charge in [0, 0.05) is 31.3 Å². The van der Waals surface area contributed by atoms with E-state index < -0.39 is 6.04 Å². The highest BCUT2D eigenvalue weighted by Gasteiger charge is 2.33. The van der Waals surface area contributed by atoms with E-state index in [4.69, 9.17) is 16.3 Å².